The lowest BCUT2D eigenvalue weighted by Gasteiger charge is -2.15. The Balaban J connectivity index is 2.27. The Morgan fingerprint density at radius 1 is 1.28 bits per heavy atom. The van der Waals surface area contributed by atoms with E-state index >= 15 is 0 Å². The Morgan fingerprint density at radius 2 is 1.96 bits per heavy atom. The highest BCUT2D eigenvalue weighted by Crippen LogP contribution is 2.21. The maximum atomic E-state index is 11.1. The average molecular weight is 360 g/mol. The van der Waals surface area contributed by atoms with E-state index in [1.54, 1.807) is 11.9 Å². The number of hydrogen-bond acceptors (Lipinski definition) is 6. The smallest absolute Gasteiger partial charge is 0.294 e. The van der Waals surface area contributed by atoms with E-state index in [1.165, 1.54) is 42.7 Å². The number of aliphatic hydroxyl groups excluding tert-OH is 1. The lowest BCUT2D eigenvalue weighted by Crippen LogP contribution is -2.22. The molecule has 25 heavy (non-hydrogen) atoms. The molecule has 0 aliphatic rings. The second-order valence-corrected chi connectivity index (χ2v) is 6.51. The van der Waals surface area contributed by atoms with Crippen LogP contribution in [0, 0.1) is 6.57 Å². The van der Waals surface area contributed by atoms with Gasteiger partial charge in [0.1, 0.15) is 5.82 Å². The normalized spacial score (nSPS) is 11.8. The molecule has 0 aliphatic heterocycles. The van der Waals surface area contributed by atoms with E-state index in [9.17, 15) is 8.42 Å². The van der Waals surface area contributed by atoms with Gasteiger partial charge < -0.3 is 10.0 Å². The summed E-state index contributed by atoms with van der Waals surface area (Å²) in [7, 11) is -2.50. The zero-order valence-electron chi connectivity index (χ0n) is 13.4. The van der Waals surface area contributed by atoms with Crippen molar-refractivity contribution in [1.29, 1.82) is 0 Å². The molecule has 1 aromatic carbocycles. The molecule has 2 N–H and O–H groups in total. The molecule has 1 aromatic heterocycles. The van der Waals surface area contributed by atoms with Crippen molar-refractivity contribution in [3.8, 4) is 0 Å². The van der Waals surface area contributed by atoms with Gasteiger partial charge in [0, 0.05) is 13.6 Å². The molecular formula is C16H16N4O4S. The lowest BCUT2D eigenvalue weighted by molar-refractivity contribution is 0.304. The van der Waals surface area contributed by atoms with Crippen molar-refractivity contribution in [2.75, 3.05) is 25.1 Å². The van der Waals surface area contributed by atoms with Crippen LogP contribution < -0.4 is 4.90 Å². The number of hydrogen-bond donors (Lipinski definition) is 2. The highest BCUT2D eigenvalue weighted by atomic mass is 32.2. The average Bonchev–Trinajstić information content (AvgIpc) is 2.60. The maximum Gasteiger partial charge on any atom is 0.294 e. The number of benzene rings is 1. The second kappa shape index (κ2) is 7.85. The molecule has 0 unspecified atom stereocenters. The molecule has 0 atom stereocenters. The van der Waals surface area contributed by atoms with Crippen LogP contribution in [0.4, 0.5) is 5.82 Å². The molecule has 9 heteroatoms. The fourth-order valence-electron chi connectivity index (χ4n) is 1.99. The summed E-state index contributed by atoms with van der Waals surface area (Å²) in [6.45, 7) is 7.72. The minimum atomic E-state index is -4.27. The molecule has 0 spiro atoms. The SMILES string of the molecule is [C-]#[N+]/C(=C\c1cnc(N(C)CCO)cn1)c1ccc(S(=O)(=O)O)cc1. The zero-order valence-corrected chi connectivity index (χ0v) is 14.2. The third-order valence-electron chi connectivity index (χ3n) is 3.34. The Labute approximate surface area is 145 Å². The number of anilines is 1. The van der Waals surface area contributed by atoms with Gasteiger partial charge in [-0.05, 0) is 23.8 Å². The van der Waals surface area contributed by atoms with Crippen molar-refractivity contribution in [2.24, 2.45) is 0 Å². The van der Waals surface area contributed by atoms with Crippen molar-refractivity contribution < 1.29 is 18.1 Å². The number of nitrogens with zero attached hydrogens (tertiary/aromatic N) is 4. The van der Waals surface area contributed by atoms with E-state index in [0.29, 0.717) is 23.6 Å². The van der Waals surface area contributed by atoms with Gasteiger partial charge >= 0.3 is 0 Å². The molecule has 8 nitrogen and oxygen atoms in total. The first-order chi connectivity index (χ1) is 11.8. The summed E-state index contributed by atoms with van der Waals surface area (Å²) < 4.78 is 31.1. The van der Waals surface area contributed by atoms with Crippen molar-refractivity contribution in [1.82, 2.24) is 9.97 Å². The summed E-state index contributed by atoms with van der Waals surface area (Å²) in [6.07, 6.45) is 4.56. The highest BCUT2D eigenvalue weighted by Gasteiger charge is 2.10. The first-order valence-electron chi connectivity index (χ1n) is 7.16. The quantitative estimate of drug-likeness (QED) is 0.594. The Kier molecular flexibility index (Phi) is 5.82. The lowest BCUT2D eigenvalue weighted by atomic mass is 10.1. The van der Waals surface area contributed by atoms with E-state index in [-0.39, 0.29) is 17.2 Å². The molecule has 0 amide bonds. The Hall–Kier alpha value is -2.80. The van der Waals surface area contributed by atoms with Crippen molar-refractivity contribution >= 4 is 27.7 Å². The van der Waals surface area contributed by atoms with Crippen LogP contribution in [0.25, 0.3) is 16.6 Å². The van der Waals surface area contributed by atoms with Crippen LogP contribution in [0.1, 0.15) is 11.3 Å². The van der Waals surface area contributed by atoms with Gasteiger partial charge in [-0.2, -0.15) is 8.42 Å². The van der Waals surface area contributed by atoms with E-state index in [1.807, 2.05) is 0 Å². The topological polar surface area (TPSA) is 108 Å². The van der Waals surface area contributed by atoms with Crippen LogP contribution in [0.5, 0.6) is 0 Å². The first-order valence-corrected chi connectivity index (χ1v) is 8.60. The minimum absolute atomic E-state index is 0.00125. The predicted molar refractivity (Wildman–Crippen MR) is 93.1 cm³/mol. The Bertz CT molecular complexity index is 901. The van der Waals surface area contributed by atoms with Crippen LogP contribution in [0.2, 0.25) is 0 Å². The summed E-state index contributed by atoms with van der Waals surface area (Å²) >= 11 is 0. The zero-order chi connectivity index (χ0) is 18.4. The number of aliphatic hydroxyl groups is 1. The molecule has 0 radical (unpaired) electrons. The van der Waals surface area contributed by atoms with Crippen molar-refractivity contribution in [3.63, 3.8) is 0 Å². The van der Waals surface area contributed by atoms with Gasteiger partial charge in [0.15, 0.2) is 5.70 Å². The molecule has 0 bridgehead atoms. The summed E-state index contributed by atoms with van der Waals surface area (Å²) in [5, 5.41) is 8.91. The first kappa shape index (κ1) is 18.5. The van der Waals surface area contributed by atoms with Crippen LogP contribution in [0.15, 0.2) is 41.6 Å². The van der Waals surface area contributed by atoms with Gasteiger partial charge in [-0.15, -0.1) is 0 Å². The van der Waals surface area contributed by atoms with Gasteiger partial charge in [-0.1, -0.05) is 12.1 Å². The van der Waals surface area contributed by atoms with E-state index in [0.717, 1.165) is 0 Å². The monoisotopic (exact) mass is 360 g/mol. The predicted octanol–water partition coefficient (Wildman–Crippen LogP) is 1.57. The number of rotatable bonds is 6. The molecule has 0 saturated carbocycles. The molecule has 0 fully saturated rings. The molecule has 0 aliphatic carbocycles. The van der Waals surface area contributed by atoms with Gasteiger partial charge in [-0.25, -0.2) is 9.83 Å². The van der Waals surface area contributed by atoms with Crippen LogP contribution in [-0.2, 0) is 10.1 Å². The van der Waals surface area contributed by atoms with Crippen molar-refractivity contribution in [2.45, 2.75) is 4.90 Å². The second-order valence-electron chi connectivity index (χ2n) is 5.09. The van der Waals surface area contributed by atoms with Gasteiger partial charge in [0.25, 0.3) is 10.1 Å². The standard InChI is InChI=1S/C16H16N4O4S/c1-17-15(12-3-5-14(6-4-12)25(22,23)24)9-13-10-19-16(11-18-13)20(2)7-8-21/h3-6,9-11,21H,7-8H2,2H3,(H,22,23,24)/b15-9-. The fourth-order valence-corrected chi connectivity index (χ4v) is 2.47. The molecule has 130 valence electrons. The minimum Gasteiger partial charge on any atom is -0.395 e. The number of aromatic nitrogens is 2. The third-order valence-corrected chi connectivity index (χ3v) is 4.21. The van der Waals surface area contributed by atoms with Crippen LogP contribution >= 0.6 is 0 Å². The highest BCUT2D eigenvalue weighted by molar-refractivity contribution is 7.85. The van der Waals surface area contributed by atoms with E-state index in [4.69, 9.17) is 16.2 Å². The van der Waals surface area contributed by atoms with Gasteiger partial charge in [-0.3, -0.25) is 9.54 Å². The molecule has 1 heterocycles. The molecular weight excluding hydrogens is 344 g/mol. The van der Waals surface area contributed by atoms with Gasteiger partial charge in [0.2, 0.25) is 0 Å². The fraction of sp³-hybridized carbons (Fsp3) is 0.188. The largest absolute Gasteiger partial charge is 0.395 e. The third kappa shape index (κ3) is 4.84. The molecule has 0 saturated heterocycles. The summed E-state index contributed by atoms with van der Waals surface area (Å²) in [5.41, 5.74) is 1.21. The maximum absolute atomic E-state index is 11.1. The Morgan fingerprint density at radius 3 is 2.44 bits per heavy atom. The van der Waals surface area contributed by atoms with E-state index < -0.39 is 10.1 Å². The van der Waals surface area contributed by atoms with Crippen molar-refractivity contribution in [3.05, 3.63) is 59.3 Å². The van der Waals surface area contributed by atoms with Crippen LogP contribution in [-0.4, -0.2) is 48.2 Å². The summed E-state index contributed by atoms with van der Waals surface area (Å²) in [4.78, 5) is 13.3. The molecule has 2 aromatic rings. The summed E-state index contributed by atoms with van der Waals surface area (Å²) in [5.74, 6) is 0.591. The van der Waals surface area contributed by atoms with E-state index in [2.05, 4.69) is 14.8 Å². The van der Waals surface area contributed by atoms with Gasteiger partial charge in [0.05, 0.1) is 36.2 Å². The summed E-state index contributed by atoms with van der Waals surface area (Å²) in [6, 6.07) is 5.32. The number of likely N-dealkylation sites (N-methyl/N-ethyl adjacent to an activating group) is 1. The van der Waals surface area contributed by atoms with Crippen LogP contribution in [0.3, 0.4) is 0 Å². The molecule has 2 rings (SSSR count).